The van der Waals surface area contributed by atoms with E-state index >= 15 is 0 Å². The summed E-state index contributed by atoms with van der Waals surface area (Å²) in [7, 11) is 0. The van der Waals surface area contributed by atoms with Gasteiger partial charge in [0.2, 0.25) is 0 Å². The van der Waals surface area contributed by atoms with Crippen LogP contribution in [0.3, 0.4) is 0 Å². The molecule has 0 N–H and O–H groups in total. The van der Waals surface area contributed by atoms with Crippen LogP contribution in [0.4, 0.5) is 0 Å². The smallest absolute Gasteiger partial charge is 0.0647 e. The van der Waals surface area contributed by atoms with Gasteiger partial charge in [-0.1, -0.05) is 31.9 Å². The molecule has 0 spiro atoms. The maximum Gasteiger partial charge on any atom is 0.0647 e. The summed E-state index contributed by atoms with van der Waals surface area (Å²) in [6.45, 7) is 6.27. The molecule has 2 fully saturated rings. The summed E-state index contributed by atoms with van der Waals surface area (Å²) in [4.78, 5) is 0. The van der Waals surface area contributed by atoms with Gasteiger partial charge in [0.15, 0.2) is 0 Å². The van der Waals surface area contributed by atoms with Gasteiger partial charge in [-0.25, -0.2) is 0 Å². The van der Waals surface area contributed by atoms with Gasteiger partial charge in [0.1, 0.15) is 0 Å². The summed E-state index contributed by atoms with van der Waals surface area (Å²) in [5.74, 6) is 3.93. The molecule has 0 aromatic carbocycles. The van der Waals surface area contributed by atoms with Crippen molar-refractivity contribution in [1.29, 1.82) is 0 Å². The fourth-order valence-electron chi connectivity index (χ4n) is 3.98. The Morgan fingerprint density at radius 1 is 0.895 bits per heavy atom. The third-order valence-corrected chi connectivity index (χ3v) is 5.42. The van der Waals surface area contributed by atoms with E-state index in [1.165, 1.54) is 51.4 Å². The molecule has 0 amide bonds. The van der Waals surface area contributed by atoms with Gasteiger partial charge in [0.05, 0.1) is 6.61 Å². The minimum atomic E-state index is 0.803. The third-order valence-electron chi connectivity index (χ3n) is 5.42. The topological polar surface area (TPSA) is 9.23 Å². The van der Waals surface area contributed by atoms with Gasteiger partial charge >= 0.3 is 0 Å². The van der Waals surface area contributed by atoms with E-state index < -0.39 is 0 Å². The van der Waals surface area contributed by atoms with Crippen molar-refractivity contribution in [2.75, 3.05) is 13.2 Å². The molecule has 19 heavy (non-hydrogen) atoms. The zero-order chi connectivity index (χ0) is 13.5. The van der Waals surface area contributed by atoms with Crippen LogP contribution in [0.1, 0.15) is 65.2 Å². The van der Waals surface area contributed by atoms with E-state index in [4.69, 9.17) is 4.74 Å². The standard InChI is InChI=1S/C18H32O/c1-3-4-13-19-14-16-7-11-18(12-8-16)17-9-5-15(2)6-10-17/h3-4,15-18H,5-14H2,1-2H3/b4-3-. The highest BCUT2D eigenvalue weighted by atomic mass is 16.5. The molecule has 1 heteroatoms. The highest BCUT2D eigenvalue weighted by Gasteiger charge is 2.29. The number of ether oxygens (including phenoxy) is 1. The van der Waals surface area contributed by atoms with Crippen LogP contribution in [0.15, 0.2) is 12.2 Å². The Bertz CT molecular complexity index is 255. The Hall–Kier alpha value is -0.300. The van der Waals surface area contributed by atoms with Gasteiger partial charge in [-0.05, 0) is 69.1 Å². The largest absolute Gasteiger partial charge is 0.377 e. The number of allylic oxidation sites excluding steroid dienone is 1. The van der Waals surface area contributed by atoms with Crippen LogP contribution >= 0.6 is 0 Å². The average molecular weight is 264 g/mol. The predicted molar refractivity (Wildman–Crippen MR) is 82.2 cm³/mol. The first-order valence-corrected chi connectivity index (χ1v) is 8.48. The van der Waals surface area contributed by atoms with Crippen molar-refractivity contribution < 1.29 is 4.74 Å². The molecule has 0 saturated heterocycles. The number of hydrogen-bond donors (Lipinski definition) is 0. The van der Waals surface area contributed by atoms with E-state index in [1.807, 2.05) is 0 Å². The van der Waals surface area contributed by atoms with E-state index in [0.29, 0.717) is 0 Å². The van der Waals surface area contributed by atoms with Crippen molar-refractivity contribution in [3.05, 3.63) is 12.2 Å². The molecule has 0 radical (unpaired) electrons. The molecule has 0 unspecified atom stereocenters. The molecule has 1 nitrogen and oxygen atoms in total. The maximum absolute atomic E-state index is 5.72. The van der Waals surface area contributed by atoms with Crippen molar-refractivity contribution >= 4 is 0 Å². The summed E-state index contributed by atoms with van der Waals surface area (Å²) in [6, 6.07) is 0. The number of hydrogen-bond acceptors (Lipinski definition) is 1. The Balaban J connectivity index is 1.62. The highest BCUT2D eigenvalue weighted by molar-refractivity contribution is 4.81. The lowest BCUT2D eigenvalue weighted by Gasteiger charge is -2.37. The Morgan fingerprint density at radius 2 is 1.47 bits per heavy atom. The third kappa shape index (κ3) is 4.95. The van der Waals surface area contributed by atoms with Crippen LogP contribution in [-0.4, -0.2) is 13.2 Å². The van der Waals surface area contributed by atoms with E-state index in [1.54, 1.807) is 0 Å². The average Bonchev–Trinajstić information content (AvgIpc) is 2.45. The first kappa shape index (κ1) is 15.1. The molecule has 2 aliphatic carbocycles. The van der Waals surface area contributed by atoms with Crippen LogP contribution in [0.25, 0.3) is 0 Å². The molecule has 0 aromatic heterocycles. The van der Waals surface area contributed by atoms with Gasteiger partial charge in [-0.3, -0.25) is 0 Å². The predicted octanol–water partition coefficient (Wildman–Crippen LogP) is 5.21. The van der Waals surface area contributed by atoms with Gasteiger partial charge in [-0.2, -0.15) is 0 Å². The molecule has 0 aliphatic heterocycles. The van der Waals surface area contributed by atoms with Crippen molar-refractivity contribution in [2.24, 2.45) is 23.7 Å². The molecule has 0 atom stereocenters. The zero-order valence-corrected chi connectivity index (χ0v) is 12.9. The molecule has 2 aliphatic rings. The molecule has 0 heterocycles. The summed E-state index contributed by atoms with van der Waals surface area (Å²) in [6.07, 6.45) is 15.9. The monoisotopic (exact) mass is 264 g/mol. The van der Waals surface area contributed by atoms with Gasteiger partial charge in [0.25, 0.3) is 0 Å². The molecule has 110 valence electrons. The Labute approximate surface area is 119 Å². The quantitative estimate of drug-likeness (QED) is 0.489. The lowest BCUT2D eigenvalue weighted by molar-refractivity contribution is 0.0791. The van der Waals surface area contributed by atoms with Gasteiger partial charge < -0.3 is 4.74 Å². The lowest BCUT2D eigenvalue weighted by atomic mass is 9.69. The summed E-state index contributed by atoms with van der Waals surface area (Å²) in [5, 5.41) is 0. The van der Waals surface area contributed by atoms with Crippen LogP contribution in [0, 0.1) is 23.7 Å². The second kappa shape index (κ2) is 8.09. The summed E-state index contributed by atoms with van der Waals surface area (Å²) in [5.41, 5.74) is 0. The zero-order valence-electron chi connectivity index (χ0n) is 12.9. The second-order valence-corrected chi connectivity index (χ2v) is 6.91. The van der Waals surface area contributed by atoms with E-state index in [-0.39, 0.29) is 0 Å². The minimum Gasteiger partial charge on any atom is -0.377 e. The fraction of sp³-hybridized carbons (Fsp3) is 0.889. The molecule has 0 bridgehead atoms. The summed E-state index contributed by atoms with van der Waals surface area (Å²) >= 11 is 0. The molecule has 2 saturated carbocycles. The van der Waals surface area contributed by atoms with Crippen LogP contribution in [-0.2, 0) is 4.74 Å². The first-order valence-electron chi connectivity index (χ1n) is 8.48. The number of rotatable bonds is 5. The van der Waals surface area contributed by atoms with Gasteiger partial charge in [0, 0.05) is 6.61 Å². The molecule has 2 rings (SSSR count). The van der Waals surface area contributed by atoms with Crippen molar-refractivity contribution in [1.82, 2.24) is 0 Å². The minimum absolute atomic E-state index is 0.803. The highest BCUT2D eigenvalue weighted by Crippen LogP contribution is 2.41. The molecule has 0 aromatic rings. The van der Waals surface area contributed by atoms with Crippen LogP contribution in [0.2, 0.25) is 0 Å². The van der Waals surface area contributed by atoms with Crippen molar-refractivity contribution in [3.63, 3.8) is 0 Å². The Morgan fingerprint density at radius 3 is 2.05 bits per heavy atom. The summed E-state index contributed by atoms with van der Waals surface area (Å²) < 4.78 is 5.72. The fourth-order valence-corrected chi connectivity index (χ4v) is 3.98. The van der Waals surface area contributed by atoms with Crippen molar-refractivity contribution in [2.45, 2.75) is 65.2 Å². The SMILES string of the molecule is C/C=C\COCC1CCC(C2CCC(C)CC2)CC1. The lowest BCUT2D eigenvalue weighted by Crippen LogP contribution is -2.26. The Kier molecular flexibility index (Phi) is 6.43. The maximum atomic E-state index is 5.72. The van der Waals surface area contributed by atoms with Crippen LogP contribution < -0.4 is 0 Å². The van der Waals surface area contributed by atoms with Crippen molar-refractivity contribution in [3.8, 4) is 0 Å². The first-order chi connectivity index (χ1) is 9.29. The molecular formula is C18H32O. The second-order valence-electron chi connectivity index (χ2n) is 6.91. The van der Waals surface area contributed by atoms with E-state index in [0.717, 1.165) is 36.9 Å². The van der Waals surface area contributed by atoms with Crippen LogP contribution in [0.5, 0.6) is 0 Å². The van der Waals surface area contributed by atoms with Gasteiger partial charge in [-0.15, -0.1) is 0 Å². The van der Waals surface area contributed by atoms with E-state index in [9.17, 15) is 0 Å². The van der Waals surface area contributed by atoms with E-state index in [2.05, 4.69) is 26.0 Å². The normalized spacial score (nSPS) is 36.7. The molecular weight excluding hydrogens is 232 g/mol.